The molecule has 0 atom stereocenters. The van der Waals surface area contributed by atoms with Gasteiger partial charge in [0, 0.05) is 13.3 Å². The first-order valence-corrected chi connectivity index (χ1v) is 3.80. The van der Waals surface area contributed by atoms with Crippen LogP contribution in [0.2, 0.25) is 0 Å². The van der Waals surface area contributed by atoms with Crippen molar-refractivity contribution in [2.75, 3.05) is 6.61 Å². The van der Waals surface area contributed by atoms with E-state index in [1.807, 2.05) is 0 Å². The van der Waals surface area contributed by atoms with Gasteiger partial charge in [-0.2, -0.15) is 0 Å². The average Bonchev–Trinajstić information content (AvgIpc) is 1.86. The molecule has 0 aliphatic rings. The number of rotatable bonds is 3. The maximum Gasteiger partial charge on any atom is 0.302 e. The Labute approximate surface area is 75.6 Å². The van der Waals surface area contributed by atoms with Gasteiger partial charge in [0.15, 0.2) is 0 Å². The first-order chi connectivity index (χ1) is 5.04. The first kappa shape index (κ1) is 13.8. The summed E-state index contributed by atoms with van der Waals surface area (Å²) in [6, 6.07) is 0. The monoisotopic (exact) mass is 172 g/mol. The van der Waals surface area contributed by atoms with E-state index in [9.17, 15) is 4.79 Å². The molecule has 12 heavy (non-hydrogen) atoms. The molecule has 0 aromatic heterocycles. The van der Waals surface area contributed by atoms with Crippen LogP contribution in [0, 0.1) is 0 Å². The van der Waals surface area contributed by atoms with Gasteiger partial charge >= 0.3 is 5.97 Å². The molecular weight excluding hydrogens is 152 g/mol. The lowest BCUT2D eigenvalue weighted by Crippen LogP contribution is -2.00. The SMILES string of the molecule is C.CC(=O)OCCC(C)=C(C)C. The molecule has 0 bridgehead atoms. The summed E-state index contributed by atoms with van der Waals surface area (Å²) in [7, 11) is 0. The fourth-order valence-electron chi connectivity index (χ4n) is 0.598. The van der Waals surface area contributed by atoms with Crippen LogP contribution in [0.1, 0.15) is 41.5 Å². The summed E-state index contributed by atoms with van der Waals surface area (Å²) in [6.07, 6.45) is 0.849. The second kappa shape index (κ2) is 6.89. The van der Waals surface area contributed by atoms with Crippen molar-refractivity contribution in [2.45, 2.75) is 41.5 Å². The maximum atomic E-state index is 10.4. The topological polar surface area (TPSA) is 26.3 Å². The predicted octanol–water partition coefficient (Wildman–Crippen LogP) is 2.93. The van der Waals surface area contributed by atoms with E-state index in [-0.39, 0.29) is 13.4 Å². The van der Waals surface area contributed by atoms with Crippen molar-refractivity contribution in [3.05, 3.63) is 11.1 Å². The number of carbonyl (C=O) groups is 1. The Bertz CT molecular complexity index is 165. The van der Waals surface area contributed by atoms with Gasteiger partial charge in [-0.05, 0) is 20.8 Å². The second-order valence-corrected chi connectivity index (χ2v) is 2.87. The van der Waals surface area contributed by atoms with E-state index < -0.39 is 0 Å². The average molecular weight is 172 g/mol. The lowest BCUT2D eigenvalue weighted by atomic mass is 10.1. The van der Waals surface area contributed by atoms with Crippen molar-refractivity contribution in [3.63, 3.8) is 0 Å². The number of esters is 1. The van der Waals surface area contributed by atoms with E-state index >= 15 is 0 Å². The van der Waals surface area contributed by atoms with Crippen LogP contribution in [0.3, 0.4) is 0 Å². The zero-order valence-corrected chi connectivity index (χ0v) is 7.73. The highest BCUT2D eigenvalue weighted by Gasteiger charge is 1.95. The minimum absolute atomic E-state index is 0. The summed E-state index contributed by atoms with van der Waals surface area (Å²) in [6.45, 7) is 8.11. The molecule has 72 valence electrons. The molecule has 0 heterocycles. The Kier molecular flexibility index (Phi) is 7.91. The van der Waals surface area contributed by atoms with Crippen molar-refractivity contribution < 1.29 is 9.53 Å². The molecule has 0 N–H and O–H groups in total. The maximum absolute atomic E-state index is 10.4. The fraction of sp³-hybridized carbons (Fsp3) is 0.700. The van der Waals surface area contributed by atoms with E-state index in [2.05, 4.69) is 20.8 Å². The van der Waals surface area contributed by atoms with Gasteiger partial charge in [-0.15, -0.1) is 0 Å². The molecular formula is C10H20O2. The Balaban J connectivity index is 0. The van der Waals surface area contributed by atoms with Crippen LogP contribution in [0.25, 0.3) is 0 Å². The predicted molar refractivity (Wildman–Crippen MR) is 52.0 cm³/mol. The third-order valence-corrected chi connectivity index (χ3v) is 1.64. The summed E-state index contributed by atoms with van der Waals surface area (Å²) in [5.74, 6) is -0.202. The van der Waals surface area contributed by atoms with Gasteiger partial charge < -0.3 is 4.74 Å². The number of hydrogen-bond acceptors (Lipinski definition) is 2. The number of hydrogen-bond donors (Lipinski definition) is 0. The highest BCUT2D eigenvalue weighted by molar-refractivity contribution is 5.65. The van der Waals surface area contributed by atoms with E-state index in [0.717, 1.165) is 6.42 Å². The Morgan fingerprint density at radius 2 is 1.67 bits per heavy atom. The van der Waals surface area contributed by atoms with Crippen LogP contribution in [0.4, 0.5) is 0 Å². The molecule has 2 nitrogen and oxygen atoms in total. The molecule has 0 aliphatic carbocycles. The van der Waals surface area contributed by atoms with Crippen molar-refractivity contribution in [1.29, 1.82) is 0 Å². The van der Waals surface area contributed by atoms with Crippen molar-refractivity contribution in [2.24, 2.45) is 0 Å². The molecule has 0 spiro atoms. The van der Waals surface area contributed by atoms with Crippen molar-refractivity contribution in [3.8, 4) is 0 Å². The molecule has 2 heteroatoms. The van der Waals surface area contributed by atoms with Gasteiger partial charge in [0.05, 0.1) is 6.61 Å². The van der Waals surface area contributed by atoms with E-state index in [1.54, 1.807) is 0 Å². The van der Waals surface area contributed by atoms with Gasteiger partial charge in [-0.3, -0.25) is 4.79 Å². The number of allylic oxidation sites excluding steroid dienone is 1. The summed E-state index contributed by atoms with van der Waals surface area (Å²) in [4.78, 5) is 10.4. The van der Waals surface area contributed by atoms with E-state index in [0.29, 0.717) is 6.61 Å². The minimum atomic E-state index is -0.202. The molecule has 0 saturated heterocycles. The highest BCUT2D eigenvalue weighted by Crippen LogP contribution is 2.06. The van der Waals surface area contributed by atoms with Crippen molar-refractivity contribution in [1.82, 2.24) is 0 Å². The van der Waals surface area contributed by atoms with Gasteiger partial charge in [-0.1, -0.05) is 18.6 Å². The third kappa shape index (κ3) is 7.32. The van der Waals surface area contributed by atoms with E-state index in [4.69, 9.17) is 4.74 Å². The van der Waals surface area contributed by atoms with Crippen LogP contribution < -0.4 is 0 Å². The lowest BCUT2D eigenvalue weighted by Gasteiger charge is -2.03. The van der Waals surface area contributed by atoms with Crippen LogP contribution in [0.5, 0.6) is 0 Å². The molecule has 0 aromatic carbocycles. The summed E-state index contributed by atoms with van der Waals surface area (Å²) >= 11 is 0. The largest absolute Gasteiger partial charge is 0.466 e. The standard InChI is InChI=1S/C9H16O2.CH4/c1-7(2)8(3)5-6-11-9(4)10;/h5-6H2,1-4H3;1H4. The quantitative estimate of drug-likeness (QED) is 0.483. The molecule has 0 radical (unpaired) electrons. The molecule has 0 rings (SSSR count). The number of carbonyl (C=O) groups excluding carboxylic acids is 1. The second-order valence-electron chi connectivity index (χ2n) is 2.87. The summed E-state index contributed by atoms with van der Waals surface area (Å²) < 4.78 is 4.79. The summed E-state index contributed by atoms with van der Waals surface area (Å²) in [5, 5.41) is 0. The van der Waals surface area contributed by atoms with Gasteiger partial charge in [0.1, 0.15) is 0 Å². The van der Waals surface area contributed by atoms with Gasteiger partial charge in [0.2, 0.25) is 0 Å². The highest BCUT2D eigenvalue weighted by atomic mass is 16.5. The molecule has 0 saturated carbocycles. The zero-order valence-electron chi connectivity index (χ0n) is 7.73. The molecule has 0 unspecified atom stereocenters. The van der Waals surface area contributed by atoms with Crippen LogP contribution in [0.15, 0.2) is 11.1 Å². The lowest BCUT2D eigenvalue weighted by molar-refractivity contribution is -0.140. The van der Waals surface area contributed by atoms with E-state index in [1.165, 1.54) is 18.1 Å². The first-order valence-electron chi connectivity index (χ1n) is 3.80. The normalized spacial score (nSPS) is 8.33. The van der Waals surface area contributed by atoms with Crippen LogP contribution in [-0.4, -0.2) is 12.6 Å². The Morgan fingerprint density at radius 3 is 2.00 bits per heavy atom. The van der Waals surface area contributed by atoms with Gasteiger partial charge in [-0.25, -0.2) is 0 Å². The zero-order chi connectivity index (χ0) is 8.85. The fourth-order valence-corrected chi connectivity index (χ4v) is 0.598. The number of ether oxygens (including phenoxy) is 1. The van der Waals surface area contributed by atoms with Crippen LogP contribution >= 0.6 is 0 Å². The molecule has 0 fully saturated rings. The molecule has 0 amide bonds. The smallest absolute Gasteiger partial charge is 0.302 e. The Morgan fingerprint density at radius 1 is 1.17 bits per heavy atom. The molecule has 0 aromatic rings. The Hall–Kier alpha value is -0.790. The minimum Gasteiger partial charge on any atom is -0.466 e. The van der Waals surface area contributed by atoms with Crippen molar-refractivity contribution >= 4 is 5.97 Å². The third-order valence-electron chi connectivity index (χ3n) is 1.64. The van der Waals surface area contributed by atoms with Gasteiger partial charge in [0.25, 0.3) is 0 Å². The summed E-state index contributed by atoms with van der Waals surface area (Å²) in [5.41, 5.74) is 2.60. The molecule has 0 aliphatic heterocycles. The van der Waals surface area contributed by atoms with Crippen LogP contribution in [-0.2, 0) is 9.53 Å².